The molecule has 2 atom stereocenters. The van der Waals surface area contributed by atoms with E-state index in [9.17, 15) is 8.78 Å². The number of benzene rings is 1. The predicted octanol–water partition coefficient (Wildman–Crippen LogP) is 4.30. The molecule has 0 aliphatic carbocycles. The molecule has 0 fully saturated rings. The molecule has 0 bridgehead atoms. The van der Waals surface area contributed by atoms with Crippen molar-refractivity contribution in [2.75, 3.05) is 6.54 Å². The second-order valence-electron chi connectivity index (χ2n) is 6.06. The van der Waals surface area contributed by atoms with Crippen molar-refractivity contribution >= 4 is 0 Å². The van der Waals surface area contributed by atoms with Crippen LogP contribution in [-0.4, -0.2) is 6.54 Å². The number of hydrogen-bond acceptors (Lipinski definition) is 1. The van der Waals surface area contributed by atoms with Gasteiger partial charge in [0.2, 0.25) is 0 Å². The molecule has 3 heteroatoms. The molecule has 1 aromatic rings. The minimum Gasteiger partial charge on any atom is -0.310 e. The molecule has 0 aromatic heterocycles. The summed E-state index contributed by atoms with van der Waals surface area (Å²) in [7, 11) is 0. The summed E-state index contributed by atoms with van der Waals surface area (Å²) in [6.45, 7) is 11.4. The lowest BCUT2D eigenvalue weighted by Gasteiger charge is -2.29. The number of hydrogen-bond donors (Lipinski definition) is 1. The Bertz CT molecular complexity index is 396. The van der Waals surface area contributed by atoms with Crippen molar-refractivity contribution in [3.8, 4) is 0 Å². The van der Waals surface area contributed by atoms with Gasteiger partial charge in [-0.3, -0.25) is 0 Å². The van der Waals surface area contributed by atoms with E-state index >= 15 is 0 Å². The van der Waals surface area contributed by atoms with Gasteiger partial charge in [-0.15, -0.1) is 0 Å². The van der Waals surface area contributed by atoms with E-state index in [-0.39, 0.29) is 11.5 Å². The molecule has 1 aromatic carbocycles. The van der Waals surface area contributed by atoms with Crippen molar-refractivity contribution in [2.24, 2.45) is 11.3 Å². The van der Waals surface area contributed by atoms with Crippen LogP contribution in [0, 0.1) is 23.0 Å². The van der Waals surface area contributed by atoms with Crippen molar-refractivity contribution in [1.82, 2.24) is 5.32 Å². The minimum atomic E-state index is -0.536. The summed E-state index contributed by atoms with van der Waals surface area (Å²) in [6.07, 6.45) is 0. The average Bonchev–Trinajstić information content (AvgIpc) is 2.24. The van der Waals surface area contributed by atoms with Crippen LogP contribution in [0.4, 0.5) is 8.78 Å². The van der Waals surface area contributed by atoms with E-state index in [2.05, 4.69) is 33.0 Å². The highest BCUT2D eigenvalue weighted by Gasteiger charge is 2.21. The van der Waals surface area contributed by atoms with Crippen LogP contribution < -0.4 is 5.32 Å². The summed E-state index contributed by atoms with van der Waals surface area (Å²) in [6, 6.07) is 3.62. The van der Waals surface area contributed by atoms with E-state index < -0.39 is 11.6 Å². The summed E-state index contributed by atoms with van der Waals surface area (Å²) in [4.78, 5) is 0. The molecule has 102 valence electrons. The second kappa shape index (κ2) is 5.79. The third kappa shape index (κ3) is 4.05. The summed E-state index contributed by atoms with van der Waals surface area (Å²) < 4.78 is 26.4. The monoisotopic (exact) mass is 255 g/mol. The highest BCUT2D eigenvalue weighted by Crippen LogP contribution is 2.25. The first-order valence-electron chi connectivity index (χ1n) is 6.40. The number of rotatable bonds is 4. The molecule has 18 heavy (non-hydrogen) atoms. The van der Waals surface area contributed by atoms with Crippen molar-refractivity contribution in [2.45, 2.75) is 40.7 Å². The molecule has 0 heterocycles. The maximum Gasteiger partial charge on any atom is 0.130 e. The van der Waals surface area contributed by atoms with Crippen molar-refractivity contribution in [3.05, 3.63) is 35.4 Å². The van der Waals surface area contributed by atoms with Gasteiger partial charge in [-0.05, 0) is 30.9 Å². The van der Waals surface area contributed by atoms with Gasteiger partial charge in [0, 0.05) is 17.7 Å². The number of halogens is 2. The van der Waals surface area contributed by atoms with Gasteiger partial charge in [0.25, 0.3) is 0 Å². The first-order chi connectivity index (χ1) is 8.21. The van der Waals surface area contributed by atoms with Gasteiger partial charge < -0.3 is 5.32 Å². The average molecular weight is 255 g/mol. The molecule has 0 spiro atoms. The Balaban J connectivity index is 2.63. The van der Waals surface area contributed by atoms with Crippen LogP contribution >= 0.6 is 0 Å². The Morgan fingerprint density at radius 1 is 1.17 bits per heavy atom. The molecule has 0 aliphatic rings. The third-order valence-electron chi connectivity index (χ3n) is 3.64. The minimum absolute atomic E-state index is 0.115. The van der Waals surface area contributed by atoms with Crippen molar-refractivity contribution in [3.63, 3.8) is 0 Å². The highest BCUT2D eigenvalue weighted by molar-refractivity contribution is 5.21. The maximum atomic E-state index is 13.6. The molecule has 0 radical (unpaired) electrons. The topological polar surface area (TPSA) is 12.0 Å². The Hall–Kier alpha value is -0.960. The van der Waals surface area contributed by atoms with E-state index in [4.69, 9.17) is 0 Å². The summed E-state index contributed by atoms with van der Waals surface area (Å²) in [5.41, 5.74) is 0.728. The van der Waals surface area contributed by atoms with Gasteiger partial charge >= 0.3 is 0 Å². The summed E-state index contributed by atoms with van der Waals surface area (Å²) in [5, 5.41) is 3.30. The lowest BCUT2D eigenvalue weighted by atomic mass is 9.82. The summed E-state index contributed by atoms with van der Waals surface area (Å²) in [5.74, 6) is -0.548. The van der Waals surface area contributed by atoms with Crippen LogP contribution in [0.15, 0.2) is 18.2 Å². The maximum absolute atomic E-state index is 13.6. The van der Waals surface area contributed by atoms with Crippen LogP contribution in [0.2, 0.25) is 0 Å². The van der Waals surface area contributed by atoms with E-state index in [1.165, 1.54) is 12.1 Å². The Labute approximate surface area is 109 Å². The molecule has 1 N–H and O–H groups in total. The highest BCUT2D eigenvalue weighted by atomic mass is 19.1. The zero-order valence-corrected chi connectivity index (χ0v) is 11.8. The molecular weight excluding hydrogens is 232 g/mol. The lowest BCUT2D eigenvalue weighted by Crippen LogP contribution is -2.31. The van der Waals surface area contributed by atoms with Crippen LogP contribution in [-0.2, 0) is 0 Å². The molecule has 0 aliphatic heterocycles. The van der Waals surface area contributed by atoms with Crippen molar-refractivity contribution in [1.29, 1.82) is 0 Å². The fourth-order valence-electron chi connectivity index (χ4n) is 1.62. The molecule has 1 nitrogen and oxygen atoms in total. The normalized spacial score (nSPS) is 15.5. The number of nitrogens with one attached hydrogen (secondary N) is 1. The molecule has 0 saturated carbocycles. The first kappa shape index (κ1) is 15.1. The molecule has 2 unspecified atom stereocenters. The SMILES string of the molecule is CC(NCC(C)C(C)(C)C)c1ccc(F)cc1F. The Kier molecular flexibility index (Phi) is 4.85. The summed E-state index contributed by atoms with van der Waals surface area (Å²) >= 11 is 0. The van der Waals surface area contributed by atoms with Gasteiger partial charge in [-0.25, -0.2) is 8.78 Å². The molecule has 1 rings (SSSR count). The standard InChI is InChI=1S/C15H23F2N/c1-10(15(3,4)5)9-18-11(2)13-7-6-12(16)8-14(13)17/h6-8,10-11,18H,9H2,1-5H3. The van der Waals surface area contributed by atoms with Gasteiger partial charge in [-0.1, -0.05) is 33.8 Å². The zero-order valence-electron chi connectivity index (χ0n) is 11.8. The first-order valence-corrected chi connectivity index (χ1v) is 6.40. The van der Waals surface area contributed by atoms with E-state index in [0.29, 0.717) is 11.5 Å². The lowest BCUT2D eigenvalue weighted by molar-refractivity contribution is 0.246. The van der Waals surface area contributed by atoms with E-state index in [1.807, 2.05) is 6.92 Å². The van der Waals surface area contributed by atoms with Gasteiger partial charge in [0.15, 0.2) is 0 Å². The predicted molar refractivity (Wildman–Crippen MR) is 71.4 cm³/mol. The quantitative estimate of drug-likeness (QED) is 0.846. The molecule has 0 amide bonds. The Morgan fingerprint density at radius 2 is 1.78 bits per heavy atom. The van der Waals surface area contributed by atoms with Gasteiger partial charge in [0.05, 0.1) is 0 Å². The second-order valence-corrected chi connectivity index (χ2v) is 6.06. The largest absolute Gasteiger partial charge is 0.310 e. The smallest absolute Gasteiger partial charge is 0.130 e. The third-order valence-corrected chi connectivity index (χ3v) is 3.64. The molecule has 0 saturated heterocycles. The zero-order chi connectivity index (χ0) is 13.9. The van der Waals surface area contributed by atoms with Crippen LogP contribution in [0.5, 0.6) is 0 Å². The van der Waals surface area contributed by atoms with Gasteiger partial charge in [-0.2, -0.15) is 0 Å². The van der Waals surface area contributed by atoms with Crippen molar-refractivity contribution < 1.29 is 8.78 Å². The van der Waals surface area contributed by atoms with E-state index in [0.717, 1.165) is 12.6 Å². The molecular formula is C15H23F2N. The van der Waals surface area contributed by atoms with E-state index in [1.54, 1.807) is 0 Å². The van der Waals surface area contributed by atoms with Crippen LogP contribution in [0.1, 0.15) is 46.2 Å². The Morgan fingerprint density at radius 3 is 2.28 bits per heavy atom. The van der Waals surface area contributed by atoms with Crippen LogP contribution in [0.3, 0.4) is 0 Å². The fourth-order valence-corrected chi connectivity index (χ4v) is 1.62. The van der Waals surface area contributed by atoms with Crippen LogP contribution in [0.25, 0.3) is 0 Å². The van der Waals surface area contributed by atoms with Gasteiger partial charge in [0.1, 0.15) is 11.6 Å². The fraction of sp³-hybridized carbons (Fsp3) is 0.600.